The molecule has 5 aliphatic rings. The number of H-pyrrole nitrogens is 1. The number of ether oxygens (including phenoxy) is 1. The molecule has 602 valence electrons. The van der Waals surface area contributed by atoms with Gasteiger partial charge in [-0.1, -0.05) is 272 Å². The number of aromatic nitrogens is 11. The smallest absolute Gasteiger partial charge is 0.228 e. The van der Waals surface area contributed by atoms with Crippen LogP contribution >= 0.6 is 11.3 Å². The fraction of sp³-hybridized carbons (Fsp3) is 0.289. The lowest BCUT2D eigenvalue weighted by molar-refractivity contribution is 0.355. The molecule has 0 fully saturated rings. The maximum absolute atomic E-state index is 5.24. The van der Waals surface area contributed by atoms with E-state index in [9.17, 15) is 0 Å². The molecule has 2 aliphatic carbocycles. The summed E-state index contributed by atoms with van der Waals surface area (Å²) in [6.07, 6.45) is 31.3. The molecule has 0 spiro atoms. The summed E-state index contributed by atoms with van der Waals surface area (Å²) in [5, 5.41) is 11.1. The summed E-state index contributed by atoms with van der Waals surface area (Å²) >= 11 is 1.68. The highest BCUT2D eigenvalue weighted by Gasteiger charge is 2.16. The Labute approximate surface area is 684 Å². The third kappa shape index (κ3) is 33.5. The minimum absolute atomic E-state index is 0.644. The fourth-order valence-corrected chi connectivity index (χ4v) is 11.2. The van der Waals surface area contributed by atoms with Crippen LogP contribution in [0, 0.1) is 0 Å². The van der Waals surface area contributed by atoms with Gasteiger partial charge in [-0.15, -0.1) is 11.3 Å². The monoisotopic (exact) mass is 1550 g/mol. The van der Waals surface area contributed by atoms with Crippen LogP contribution in [0.15, 0.2) is 306 Å². The van der Waals surface area contributed by atoms with E-state index in [0.717, 1.165) is 70.6 Å². The van der Waals surface area contributed by atoms with E-state index < -0.39 is 0 Å². The van der Waals surface area contributed by atoms with Crippen molar-refractivity contribution in [1.29, 1.82) is 0 Å². The van der Waals surface area contributed by atoms with Crippen molar-refractivity contribution in [3.8, 4) is 17.0 Å². The molecule has 0 atom stereocenters. The van der Waals surface area contributed by atoms with Gasteiger partial charge in [0.05, 0.1) is 69.6 Å². The highest BCUT2D eigenvalue weighted by Crippen LogP contribution is 2.31. The third-order valence-electron chi connectivity index (χ3n) is 15.2. The molecule has 16 aromatic rings. The number of nitrogens with one attached hydrogen (secondary N) is 1. The third-order valence-corrected chi connectivity index (χ3v) is 16.0. The number of fused-ring (bicyclic) bond motifs is 12. The van der Waals surface area contributed by atoms with Crippen molar-refractivity contribution in [3.63, 3.8) is 0 Å². The number of oxazole rings is 1. The van der Waals surface area contributed by atoms with Gasteiger partial charge in [0, 0.05) is 77.9 Å². The van der Waals surface area contributed by atoms with Crippen molar-refractivity contribution in [3.05, 3.63) is 326 Å². The van der Waals surface area contributed by atoms with E-state index in [1.54, 1.807) is 42.4 Å². The zero-order valence-corrected chi connectivity index (χ0v) is 72.2. The molecule has 0 saturated heterocycles. The Hall–Kier alpha value is -12.0. The van der Waals surface area contributed by atoms with Crippen LogP contribution in [0.1, 0.15) is 184 Å². The number of imidazole rings is 1. The summed E-state index contributed by atoms with van der Waals surface area (Å²) in [4.78, 5) is 39.4. The standard InChI is InChI=1S/C10H8N2.C9H7N.C9H8.C8H9N.C8H7N.C7H7NO.C7H5NO.C7H5NS.C6H5N3.C6H4N2O.10C2H6/c1-2-4-9-8(3-1)6-12-7-11-5-10(9)12;1-2-6-9-8(4-1)5-3-7-10-9;1-2-5-9-7-3-6-8(9)4-1;1-3-7-4-2-6-9-8(7)5-1;1-2-4-8-7(3-1)5-6-9-8;1-3-8-5-7-6(1)2-4-9-7;2*1-2-4-7-6(3-1)8-5-9-7;1-2-5-6(7-3-1)4-8-9-5;1-2-9-6-5(1)3-7-4-8-6;10*1-2/h1-5,7H,6H2;1-7H;1-6H,7H2;2,4,6H,1,3,5H2;1-6,9H;1,3,5H,2,4H2;2*1-5H;1-3H,4H2;1-4H;10*1-2H3. The van der Waals surface area contributed by atoms with E-state index in [1.807, 2.05) is 284 Å². The Balaban J connectivity index is 0.000000419. The maximum Gasteiger partial charge on any atom is 0.228 e. The van der Waals surface area contributed by atoms with Gasteiger partial charge in [0.25, 0.3) is 0 Å². The molecule has 0 saturated carbocycles. The first-order valence-corrected chi connectivity index (χ1v) is 41.7. The number of furan rings is 1. The van der Waals surface area contributed by atoms with Gasteiger partial charge in [0.15, 0.2) is 12.0 Å². The highest BCUT2D eigenvalue weighted by atomic mass is 32.1. The van der Waals surface area contributed by atoms with Crippen molar-refractivity contribution in [2.24, 2.45) is 10.2 Å². The molecule has 1 N–H and O–H groups in total. The second-order valence-electron chi connectivity index (χ2n) is 21.4. The number of aryl methyl sites for hydroxylation is 2. The van der Waals surface area contributed by atoms with Crippen LogP contribution in [0.25, 0.3) is 71.6 Å². The first kappa shape index (κ1) is 98.1. The number of nitrogens with zero attached hydrogens (tertiary/aromatic N) is 12. The molecule has 10 aromatic heterocycles. The second kappa shape index (κ2) is 63.7. The van der Waals surface area contributed by atoms with E-state index in [4.69, 9.17) is 13.6 Å². The largest absolute Gasteiger partial charge is 0.491 e. The lowest BCUT2D eigenvalue weighted by Gasteiger charge is -1.93. The summed E-state index contributed by atoms with van der Waals surface area (Å²) in [5.41, 5.74) is 20.4. The van der Waals surface area contributed by atoms with E-state index in [1.165, 1.54) is 97.7 Å². The predicted molar refractivity (Wildman–Crippen MR) is 487 cm³/mol. The molecule has 21 rings (SSSR count). The lowest BCUT2D eigenvalue weighted by atomic mass is 10.1. The van der Waals surface area contributed by atoms with Crippen molar-refractivity contribution >= 4 is 77.3 Å². The van der Waals surface area contributed by atoms with Crippen LogP contribution in [0.2, 0.25) is 0 Å². The van der Waals surface area contributed by atoms with Crippen LogP contribution < -0.4 is 4.74 Å². The quantitative estimate of drug-likeness (QED) is 0.151. The van der Waals surface area contributed by atoms with Crippen LogP contribution in [0.3, 0.4) is 0 Å². The molecule has 16 nitrogen and oxygen atoms in total. The highest BCUT2D eigenvalue weighted by molar-refractivity contribution is 7.16. The topological polar surface area (TPSA) is 197 Å². The number of benzene rings is 6. The lowest BCUT2D eigenvalue weighted by Crippen LogP contribution is -1.88. The summed E-state index contributed by atoms with van der Waals surface area (Å²) in [7, 11) is 0. The summed E-state index contributed by atoms with van der Waals surface area (Å²) in [5.74, 6) is 0.956. The number of azo groups is 1. The first-order chi connectivity index (χ1) is 56.6. The van der Waals surface area contributed by atoms with Crippen LogP contribution in [0.5, 0.6) is 5.75 Å². The second-order valence-corrected chi connectivity index (χ2v) is 22.3. The summed E-state index contributed by atoms with van der Waals surface area (Å²) in [6.45, 7) is 42.4. The van der Waals surface area contributed by atoms with Crippen LogP contribution in [0.4, 0.5) is 5.69 Å². The van der Waals surface area contributed by atoms with Crippen LogP contribution in [-0.2, 0) is 38.8 Å². The average molecular weight is 1550 g/mol. The number of aromatic amines is 1. The summed E-state index contributed by atoms with van der Waals surface area (Å²) < 4.78 is 18.6. The van der Waals surface area contributed by atoms with Gasteiger partial charge in [0.2, 0.25) is 5.71 Å². The molecule has 6 aromatic carbocycles. The molecule has 114 heavy (non-hydrogen) atoms. The Morgan fingerprint density at radius 3 is 1.77 bits per heavy atom. The number of hydrogen-bond acceptors (Lipinski definition) is 15. The number of pyridine rings is 4. The first-order valence-electron chi connectivity index (χ1n) is 40.8. The SMILES string of the molecule is C1=Cc2ccccc2C1.CC.CC.CC.CC.CC.CC.CC.CC.CC.CC.c1cc2c(cn1)OCC2.c1ccc2[nH]ccc2c1.c1ccc2c(c1)Cn1cncc1-2.c1ccc2ncccc2c1.c1ccc2ocnc2c1.c1ccc2scnc2c1.c1cnc2c(c1)CCC2.c1cnc2c(c1)N=NC2.c1ncc2ccoc2n1. The van der Waals surface area contributed by atoms with Gasteiger partial charge in [-0.2, -0.15) is 10.2 Å². The fourth-order valence-electron chi connectivity index (χ4n) is 10.5. The van der Waals surface area contributed by atoms with E-state index in [0.29, 0.717) is 12.3 Å². The number of thiazole rings is 1. The molecular weight excluding hydrogens is 1430 g/mol. The minimum Gasteiger partial charge on any atom is -0.491 e. The zero-order valence-electron chi connectivity index (χ0n) is 71.4. The molecule has 0 radical (unpaired) electrons. The number of allylic oxidation sites excluding steroid dienone is 1. The minimum atomic E-state index is 0.644. The molecule has 0 unspecified atom stereocenters. The van der Waals surface area contributed by atoms with Crippen molar-refractivity contribution < 1.29 is 13.6 Å². The van der Waals surface area contributed by atoms with Crippen molar-refractivity contribution in [1.82, 2.24) is 54.4 Å². The normalized spacial score (nSPS) is 10.5. The summed E-state index contributed by atoms with van der Waals surface area (Å²) in [6, 6.07) is 66.9. The number of rotatable bonds is 0. The molecular formula is C97H125N13O3S. The maximum atomic E-state index is 5.24. The molecule has 13 heterocycles. The average Bonchev–Trinajstić information content (AvgIpc) is 1.64. The number of para-hydroxylation sites is 5. The van der Waals surface area contributed by atoms with E-state index in [-0.39, 0.29) is 0 Å². The Bertz CT molecular complexity index is 4440. The Morgan fingerprint density at radius 1 is 0.439 bits per heavy atom. The van der Waals surface area contributed by atoms with Gasteiger partial charge in [-0.05, 0) is 132 Å². The Kier molecular flexibility index (Phi) is 54.8. The Morgan fingerprint density at radius 2 is 1.07 bits per heavy atom. The molecule has 17 heteroatoms. The van der Waals surface area contributed by atoms with E-state index >= 15 is 0 Å². The van der Waals surface area contributed by atoms with Gasteiger partial charge in [-0.25, -0.2) is 24.9 Å². The van der Waals surface area contributed by atoms with E-state index in [2.05, 4.69) is 168 Å². The molecule has 3 aliphatic heterocycles. The number of hydrogen-bond donors (Lipinski definition) is 1. The van der Waals surface area contributed by atoms with Gasteiger partial charge in [-0.3, -0.25) is 19.9 Å². The van der Waals surface area contributed by atoms with Crippen molar-refractivity contribution in [2.75, 3.05) is 6.61 Å². The van der Waals surface area contributed by atoms with Crippen molar-refractivity contribution in [2.45, 2.75) is 184 Å². The molecule has 0 amide bonds. The zero-order chi connectivity index (χ0) is 83.6. The predicted octanol–water partition coefficient (Wildman–Crippen LogP) is 28.4. The molecule has 0 bridgehead atoms. The van der Waals surface area contributed by atoms with Gasteiger partial charge in [0.1, 0.15) is 29.8 Å². The van der Waals surface area contributed by atoms with Gasteiger partial charge >= 0.3 is 0 Å². The van der Waals surface area contributed by atoms with Gasteiger partial charge < -0.3 is 23.1 Å². The van der Waals surface area contributed by atoms with Crippen LogP contribution in [-0.4, -0.2) is 61.0 Å².